The van der Waals surface area contributed by atoms with Crippen LogP contribution < -0.4 is 10.1 Å². The van der Waals surface area contributed by atoms with Crippen molar-refractivity contribution in [3.8, 4) is 5.75 Å². The van der Waals surface area contributed by atoms with E-state index in [9.17, 15) is 9.90 Å². The zero-order valence-corrected chi connectivity index (χ0v) is 11.8. The molecule has 1 aromatic rings. The molecule has 1 aromatic carbocycles. The highest BCUT2D eigenvalue weighted by Gasteiger charge is 2.09. The second-order valence-electron chi connectivity index (χ2n) is 4.14. The van der Waals surface area contributed by atoms with Crippen molar-refractivity contribution in [2.24, 2.45) is 0 Å². The number of amides is 1. The minimum Gasteiger partial charge on any atom is -0.497 e. The summed E-state index contributed by atoms with van der Waals surface area (Å²) in [5.41, 5.74) is 0.714. The van der Waals surface area contributed by atoms with Gasteiger partial charge in [0.05, 0.1) is 26.4 Å². The third-order valence-corrected chi connectivity index (χ3v) is 2.66. The van der Waals surface area contributed by atoms with E-state index in [1.165, 1.54) is 0 Å². The molecular weight excluding hydrogens is 262 g/mol. The molecule has 1 unspecified atom stereocenters. The van der Waals surface area contributed by atoms with Crippen molar-refractivity contribution in [1.29, 1.82) is 0 Å². The number of hydrogen-bond acceptors (Lipinski definition) is 5. The molecule has 0 aliphatic carbocycles. The highest BCUT2D eigenvalue weighted by molar-refractivity contribution is 5.77. The second-order valence-corrected chi connectivity index (χ2v) is 4.14. The van der Waals surface area contributed by atoms with Gasteiger partial charge in [-0.2, -0.15) is 0 Å². The number of carbonyl (C=O) groups is 1. The molecule has 0 aliphatic heterocycles. The fourth-order valence-corrected chi connectivity index (χ4v) is 1.51. The van der Waals surface area contributed by atoms with Gasteiger partial charge in [0.1, 0.15) is 12.4 Å². The van der Waals surface area contributed by atoms with E-state index in [0.29, 0.717) is 18.8 Å². The summed E-state index contributed by atoms with van der Waals surface area (Å²) in [6, 6.07) is 7.03. The van der Waals surface area contributed by atoms with Crippen LogP contribution in [-0.4, -0.2) is 51.6 Å². The molecule has 0 radical (unpaired) electrons. The first-order valence-electron chi connectivity index (χ1n) is 6.32. The molecule has 1 rings (SSSR count). The topological polar surface area (TPSA) is 77.0 Å². The quantitative estimate of drug-likeness (QED) is 0.646. The third kappa shape index (κ3) is 6.01. The van der Waals surface area contributed by atoms with Crippen LogP contribution in [0, 0.1) is 0 Å². The maximum atomic E-state index is 11.4. The molecule has 0 fully saturated rings. The lowest BCUT2D eigenvalue weighted by Gasteiger charge is -2.13. The molecule has 0 saturated carbocycles. The molecule has 0 aromatic heterocycles. The van der Waals surface area contributed by atoms with Crippen LogP contribution >= 0.6 is 0 Å². The number of aliphatic hydroxyl groups is 1. The highest BCUT2D eigenvalue weighted by Crippen LogP contribution is 2.16. The van der Waals surface area contributed by atoms with Gasteiger partial charge in [0, 0.05) is 13.7 Å². The van der Waals surface area contributed by atoms with Crippen molar-refractivity contribution in [1.82, 2.24) is 5.32 Å². The van der Waals surface area contributed by atoms with Crippen LogP contribution in [0.2, 0.25) is 0 Å². The van der Waals surface area contributed by atoms with Crippen LogP contribution in [0.5, 0.6) is 5.75 Å². The smallest absolute Gasteiger partial charge is 0.246 e. The van der Waals surface area contributed by atoms with Gasteiger partial charge in [-0.3, -0.25) is 4.79 Å². The van der Waals surface area contributed by atoms with E-state index >= 15 is 0 Å². The van der Waals surface area contributed by atoms with Gasteiger partial charge in [0.25, 0.3) is 0 Å². The predicted octanol–water partition coefficient (Wildman–Crippen LogP) is 0.508. The monoisotopic (exact) mass is 283 g/mol. The van der Waals surface area contributed by atoms with E-state index in [-0.39, 0.29) is 19.1 Å². The molecular formula is C14H21NO5. The number of benzene rings is 1. The normalized spacial score (nSPS) is 11.9. The molecule has 20 heavy (non-hydrogen) atoms. The highest BCUT2D eigenvalue weighted by atomic mass is 16.5. The molecule has 1 atom stereocenters. The Bertz CT molecular complexity index is 393. The van der Waals surface area contributed by atoms with E-state index in [4.69, 9.17) is 14.2 Å². The van der Waals surface area contributed by atoms with Crippen molar-refractivity contribution in [3.63, 3.8) is 0 Å². The number of methoxy groups -OCH3 is 2. The van der Waals surface area contributed by atoms with Gasteiger partial charge in [-0.05, 0) is 17.7 Å². The van der Waals surface area contributed by atoms with Crippen molar-refractivity contribution in [2.75, 3.05) is 40.6 Å². The first-order valence-corrected chi connectivity index (χ1v) is 6.32. The van der Waals surface area contributed by atoms with E-state index in [1.54, 1.807) is 38.5 Å². The summed E-state index contributed by atoms with van der Waals surface area (Å²) in [6.45, 7) is 0.907. The fraction of sp³-hybridized carbons (Fsp3) is 0.500. The van der Waals surface area contributed by atoms with Crippen LogP contribution in [0.3, 0.4) is 0 Å². The van der Waals surface area contributed by atoms with Crippen molar-refractivity contribution in [2.45, 2.75) is 6.10 Å². The Morgan fingerprint density at radius 1 is 1.25 bits per heavy atom. The predicted molar refractivity (Wildman–Crippen MR) is 73.7 cm³/mol. The third-order valence-electron chi connectivity index (χ3n) is 2.66. The Kier molecular flexibility index (Phi) is 7.64. The Balaban J connectivity index is 2.27. The fourth-order valence-electron chi connectivity index (χ4n) is 1.51. The molecule has 0 bridgehead atoms. The minimum atomic E-state index is -0.760. The zero-order valence-electron chi connectivity index (χ0n) is 11.8. The number of aliphatic hydroxyl groups excluding tert-OH is 1. The lowest BCUT2D eigenvalue weighted by atomic mass is 10.1. The average Bonchev–Trinajstić information content (AvgIpc) is 2.49. The molecule has 6 nitrogen and oxygen atoms in total. The van der Waals surface area contributed by atoms with Crippen LogP contribution in [0.1, 0.15) is 11.7 Å². The summed E-state index contributed by atoms with van der Waals surface area (Å²) in [4.78, 5) is 11.4. The number of nitrogens with one attached hydrogen (secondary N) is 1. The number of hydrogen-bond donors (Lipinski definition) is 2. The lowest BCUT2D eigenvalue weighted by molar-refractivity contribution is -0.126. The zero-order chi connectivity index (χ0) is 14.8. The van der Waals surface area contributed by atoms with Gasteiger partial charge < -0.3 is 24.6 Å². The van der Waals surface area contributed by atoms with Crippen LogP contribution in [0.25, 0.3) is 0 Å². The van der Waals surface area contributed by atoms with Gasteiger partial charge in [-0.15, -0.1) is 0 Å². The van der Waals surface area contributed by atoms with Crippen LogP contribution in [0.4, 0.5) is 0 Å². The summed E-state index contributed by atoms with van der Waals surface area (Å²) in [5.74, 6) is 0.449. The molecule has 6 heteroatoms. The van der Waals surface area contributed by atoms with Crippen LogP contribution in [0.15, 0.2) is 24.3 Å². The summed E-state index contributed by atoms with van der Waals surface area (Å²) in [6.07, 6.45) is -0.760. The number of carbonyl (C=O) groups excluding carboxylic acids is 1. The molecule has 0 spiro atoms. The summed E-state index contributed by atoms with van der Waals surface area (Å²) >= 11 is 0. The summed E-state index contributed by atoms with van der Waals surface area (Å²) < 4.78 is 14.9. The first kappa shape index (κ1) is 16.4. The van der Waals surface area contributed by atoms with E-state index in [0.717, 1.165) is 5.75 Å². The lowest BCUT2D eigenvalue weighted by Crippen LogP contribution is -2.31. The largest absolute Gasteiger partial charge is 0.497 e. The van der Waals surface area contributed by atoms with E-state index in [1.807, 2.05) is 0 Å². The van der Waals surface area contributed by atoms with E-state index < -0.39 is 6.10 Å². The van der Waals surface area contributed by atoms with Gasteiger partial charge in [-0.1, -0.05) is 12.1 Å². The standard InChI is InChI=1S/C14H21NO5/c1-18-7-8-20-10-14(17)15-9-13(16)11-3-5-12(19-2)6-4-11/h3-6,13,16H,7-10H2,1-2H3,(H,15,17). The maximum absolute atomic E-state index is 11.4. The van der Waals surface area contributed by atoms with Crippen molar-refractivity contribution in [3.05, 3.63) is 29.8 Å². The van der Waals surface area contributed by atoms with Gasteiger partial charge in [0.15, 0.2) is 0 Å². The molecule has 0 aliphatic rings. The number of ether oxygens (including phenoxy) is 3. The molecule has 0 heterocycles. The first-order chi connectivity index (χ1) is 9.67. The molecule has 2 N–H and O–H groups in total. The average molecular weight is 283 g/mol. The molecule has 1 amide bonds. The minimum absolute atomic E-state index is 0.0430. The summed E-state index contributed by atoms with van der Waals surface area (Å²) in [7, 11) is 3.14. The van der Waals surface area contributed by atoms with Crippen molar-refractivity contribution < 1.29 is 24.1 Å². The Hall–Kier alpha value is -1.63. The maximum Gasteiger partial charge on any atom is 0.246 e. The SMILES string of the molecule is COCCOCC(=O)NCC(O)c1ccc(OC)cc1. The van der Waals surface area contributed by atoms with Gasteiger partial charge >= 0.3 is 0 Å². The van der Waals surface area contributed by atoms with Crippen molar-refractivity contribution >= 4 is 5.91 Å². The van der Waals surface area contributed by atoms with Gasteiger partial charge in [-0.25, -0.2) is 0 Å². The molecule has 0 saturated heterocycles. The Morgan fingerprint density at radius 3 is 2.55 bits per heavy atom. The Labute approximate surface area is 118 Å². The Morgan fingerprint density at radius 2 is 1.95 bits per heavy atom. The summed E-state index contributed by atoms with van der Waals surface area (Å²) in [5, 5.41) is 12.5. The second kappa shape index (κ2) is 9.30. The van der Waals surface area contributed by atoms with Crippen LogP contribution in [-0.2, 0) is 14.3 Å². The molecule has 112 valence electrons. The number of rotatable bonds is 9. The van der Waals surface area contributed by atoms with Gasteiger partial charge in [0.2, 0.25) is 5.91 Å². The van der Waals surface area contributed by atoms with E-state index in [2.05, 4.69) is 5.32 Å².